The van der Waals surface area contributed by atoms with Crippen molar-refractivity contribution in [1.82, 2.24) is 10.6 Å². The van der Waals surface area contributed by atoms with E-state index in [0.29, 0.717) is 41.9 Å². The van der Waals surface area contributed by atoms with Gasteiger partial charge in [0.15, 0.2) is 24.3 Å². The summed E-state index contributed by atoms with van der Waals surface area (Å²) in [6, 6.07) is -1.59. The van der Waals surface area contributed by atoms with E-state index in [1.54, 1.807) is 0 Å². The van der Waals surface area contributed by atoms with E-state index in [9.17, 15) is 19.2 Å². The van der Waals surface area contributed by atoms with Gasteiger partial charge in [0.05, 0.1) is 18.8 Å². The Hall–Kier alpha value is -2.74. The fourth-order valence-electron chi connectivity index (χ4n) is 12.7. The van der Waals surface area contributed by atoms with Gasteiger partial charge in [0, 0.05) is 38.6 Å². The summed E-state index contributed by atoms with van der Waals surface area (Å²) in [5, 5.41) is 5.81. The van der Waals surface area contributed by atoms with Gasteiger partial charge in [-0.15, -0.1) is 0 Å². The SMILES string of the molecule is CC(=O)OC[C@H]1O[C@@H](O[C@H]2CC[C@@]3(C)C(=CC[C@H]4[C@@H]5C[C@@H]6O[C@]7(CC[C@@H](C)CO7)[C@@H](C)[C@@H]6[C@@]5(C)CC[C@@H]43)C2)[C@H](NC(=O)NC(C)(C)C)[C@@H](OC(C)=O)[C@@H]1OC(C)=O. The highest BCUT2D eigenvalue weighted by Crippen LogP contribution is 2.70. The lowest BCUT2D eigenvalue weighted by Crippen LogP contribution is -2.68. The van der Waals surface area contributed by atoms with Gasteiger partial charge in [-0.3, -0.25) is 14.4 Å². The predicted molar refractivity (Wildman–Crippen MR) is 208 cm³/mol. The Bertz CT molecular complexity index is 1590. The van der Waals surface area contributed by atoms with Crippen LogP contribution >= 0.6 is 0 Å². The molecule has 4 aliphatic carbocycles. The van der Waals surface area contributed by atoms with Gasteiger partial charge in [-0.05, 0) is 113 Å². The Labute approximate surface area is 338 Å². The van der Waals surface area contributed by atoms with Crippen molar-refractivity contribution in [2.45, 2.75) is 181 Å². The van der Waals surface area contributed by atoms with E-state index in [0.717, 1.165) is 45.1 Å². The quantitative estimate of drug-likeness (QED) is 0.168. The molecule has 3 saturated heterocycles. The van der Waals surface area contributed by atoms with Crippen LogP contribution in [0.3, 0.4) is 0 Å². The van der Waals surface area contributed by atoms with E-state index in [2.05, 4.69) is 44.4 Å². The van der Waals surface area contributed by atoms with Crippen molar-refractivity contribution >= 4 is 23.9 Å². The van der Waals surface area contributed by atoms with Crippen molar-refractivity contribution in [3.63, 3.8) is 0 Å². The summed E-state index contributed by atoms with van der Waals surface area (Å²) in [5.41, 5.74) is 1.09. The highest BCUT2D eigenvalue weighted by molar-refractivity contribution is 5.75. The van der Waals surface area contributed by atoms with Crippen LogP contribution in [0.15, 0.2) is 11.6 Å². The van der Waals surface area contributed by atoms with Gasteiger partial charge in [-0.25, -0.2) is 4.79 Å². The molecule has 3 saturated carbocycles. The monoisotopic (exact) mass is 800 g/mol. The first-order valence-corrected chi connectivity index (χ1v) is 21.6. The lowest BCUT2D eigenvalue weighted by Gasteiger charge is -2.58. The van der Waals surface area contributed by atoms with Crippen LogP contribution in [0.1, 0.15) is 127 Å². The molecule has 7 rings (SSSR count). The number of carbonyl (C=O) groups is 4. The molecule has 0 aromatic heterocycles. The summed E-state index contributed by atoms with van der Waals surface area (Å²) in [6.07, 6.45) is 7.07. The maximum Gasteiger partial charge on any atom is 0.315 e. The van der Waals surface area contributed by atoms with Gasteiger partial charge in [0.1, 0.15) is 18.8 Å². The van der Waals surface area contributed by atoms with Crippen molar-refractivity contribution < 1.29 is 52.3 Å². The summed E-state index contributed by atoms with van der Waals surface area (Å²) in [7, 11) is 0. The zero-order valence-electron chi connectivity index (χ0n) is 35.9. The number of rotatable bonds is 7. The second-order valence-electron chi connectivity index (χ2n) is 20.1. The molecule has 6 fully saturated rings. The van der Waals surface area contributed by atoms with E-state index >= 15 is 0 Å². The Balaban J connectivity index is 1.10. The molecule has 3 heterocycles. The summed E-state index contributed by atoms with van der Waals surface area (Å²) >= 11 is 0. The first-order chi connectivity index (χ1) is 26.7. The average molecular weight is 801 g/mol. The van der Waals surface area contributed by atoms with Gasteiger partial charge in [-0.1, -0.05) is 39.3 Å². The van der Waals surface area contributed by atoms with Gasteiger partial charge in [0.25, 0.3) is 0 Å². The number of urea groups is 1. The molecule has 320 valence electrons. The molecule has 3 aliphatic heterocycles. The lowest BCUT2D eigenvalue weighted by atomic mass is 9.47. The first kappa shape index (κ1) is 42.4. The molecule has 2 amide bonds. The topological polar surface area (TPSA) is 157 Å². The van der Waals surface area contributed by atoms with Crippen LogP contribution in [-0.2, 0) is 47.5 Å². The number of amides is 2. The van der Waals surface area contributed by atoms with Crippen LogP contribution in [0, 0.1) is 46.3 Å². The third kappa shape index (κ3) is 8.12. The zero-order chi connectivity index (χ0) is 41.2. The highest BCUT2D eigenvalue weighted by atomic mass is 16.7. The minimum atomic E-state index is -1.20. The van der Waals surface area contributed by atoms with Crippen molar-refractivity contribution in [2.75, 3.05) is 13.2 Å². The third-order valence-corrected chi connectivity index (χ3v) is 15.1. The number of allylic oxidation sites excluding steroid dienone is 1. The van der Waals surface area contributed by atoms with Crippen molar-refractivity contribution in [2.24, 2.45) is 46.3 Å². The summed E-state index contributed by atoms with van der Waals surface area (Å²) < 4.78 is 43.6. The summed E-state index contributed by atoms with van der Waals surface area (Å²) in [6.45, 7) is 19.5. The van der Waals surface area contributed by atoms with Crippen LogP contribution in [0.4, 0.5) is 4.79 Å². The van der Waals surface area contributed by atoms with E-state index in [1.165, 1.54) is 39.2 Å². The van der Waals surface area contributed by atoms with Crippen LogP contribution in [-0.4, -0.2) is 91.3 Å². The number of esters is 3. The first-order valence-electron chi connectivity index (χ1n) is 21.6. The number of nitrogens with one attached hydrogen (secondary N) is 2. The van der Waals surface area contributed by atoms with E-state index in [1.807, 2.05) is 20.8 Å². The molecule has 13 heteroatoms. The second kappa shape index (κ2) is 15.7. The molecule has 1 spiro atoms. The van der Waals surface area contributed by atoms with E-state index in [4.69, 9.17) is 33.2 Å². The fourth-order valence-corrected chi connectivity index (χ4v) is 12.7. The standard InChI is InChI=1S/C44H68N2O11/c1-23-13-18-44(52-21-23)24(2)35-33(57-44)20-32-30-12-11-28-19-29(14-16-42(28,9)31(30)15-17-43(32,35)10)55-39-36(45-40(50)46-41(6,7)8)38(54-27(5)49)37(53-26(4)48)34(56-39)22-51-25(3)47/h11,23-24,29-39H,12-22H2,1-10H3,(H2,45,46,50)/t23-,24+,29+,30-,31+,32+,33+,34-,35+,36-,37-,38-,39-,42+,43+,44-/m1/s1. The van der Waals surface area contributed by atoms with E-state index in [-0.39, 0.29) is 29.6 Å². The van der Waals surface area contributed by atoms with Gasteiger partial charge in [0.2, 0.25) is 0 Å². The second-order valence-corrected chi connectivity index (χ2v) is 20.1. The van der Waals surface area contributed by atoms with Crippen LogP contribution in [0.5, 0.6) is 0 Å². The van der Waals surface area contributed by atoms with Gasteiger partial charge < -0.3 is 43.8 Å². The molecule has 13 nitrogen and oxygen atoms in total. The number of ether oxygens (including phenoxy) is 7. The zero-order valence-corrected chi connectivity index (χ0v) is 35.9. The lowest BCUT2D eigenvalue weighted by molar-refractivity contribution is -0.289. The van der Waals surface area contributed by atoms with Gasteiger partial charge >= 0.3 is 23.9 Å². The smallest absolute Gasteiger partial charge is 0.315 e. The van der Waals surface area contributed by atoms with Crippen LogP contribution in [0.25, 0.3) is 0 Å². The Morgan fingerprint density at radius 2 is 1.63 bits per heavy atom. The molecule has 0 aromatic carbocycles. The minimum absolute atomic E-state index is 0.0361. The molecular formula is C44H68N2O11. The van der Waals surface area contributed by atoms with Crippen LogP contribution < -0.4 is 10.6 Å². The molecule has 57 heavy (non-hydrogen) atoms. The highest BCUT2D eigenvalue weighted by Gasteiger charge is 2.69. The molecule has 0 radical (unpaired) electrons. The molecule has 0 aromatic rings. The maximum atomic E-state index is 13.4. The predicted octanol–water partition coefficient (Wildman–Crippen LogP) is 6.36. The van der Waals surface area contributed by atoms with E-state index < -0.39 is 65.9 Å². The largest absolute Gasteiger partial charge is 0.463 e. The Morgan fingerprint density at radius 1 is 0.912 bits per heavy atom. The Morgan fingerprint density at radius 3 is 2.28 bits per heavy atom. The number of hydrogen-bond donors (Lipinski definition) is 2. The average Bonchev–Trinajstić information content (AvgIpc) is 3.55. The van der Waals surface area contributed by atoms with Gasteiger partial charge in [-0.2, -0.15) is 0 Å². The number of carbonyl (C=O) groups excluding carboxylic acids is 4. The maximum absolute atomic E-state index is 13.4. The summed E-state index contributed by atoms with van der Waals surface area (Å²) in [4.78, 5) is 50.2. The third-order valence-electron chi connectivity index (χ3n) is 15.1. The normalized spacial score (nSPS) is 45.0. The fraction of sp³-hybridized carbons (Fsp3) is 0.864. The minimum Gasteiger partial charge on any atom is -0.463 e. The van der Waals surface area contributed by atoms with Crippen LogP contribution in [0.2, 0.25) is 0 Å². The number of hydrogen-bond acceptors (Lipinski definition) is 11. The molecule has 2 N–H and O–H groups in total. The van der Waals surface area contributed by atoms with Crippen molar-refractivity contribution in [1.29, 1.82) is 0 Å². The summed E-state index contributed by atoms with van der Waals surface area (Å²) in [5.74, 6) is 1.01. The molecule has 0 unspecified atom stereocenters. The number of fused-ring (bicyclic) bond motifs is 7. The van der Waals surface area contributed by atoms with Crippen molar-refractivity contribution in [3.05, 3.63) is 11.6 Å². The molecule has 16 atom stereocenters. The molecule has 7 aliphatic rings. The molecule has 0 bridgehead atoms. The van der Waals surface area contributed by atoms with Crippen molar-refractivity contribution in [3.8, 4) is 0 Å². The Kier molecular flexibility index (Phi) is 11.7. The molecular weight excluding hydrogens is 732 g/mol.